The lowest BCUT2D eigenvalue weighted by Crippen LogP contribution is -2.45. The Labute approximate surface area is 214 Å². The molecule has 0 saturated carbocycles. The van der Waals surface area contributed by atoms with E-state index in [1.807, 2.05) is 0 Å². The van der Waals surface area contributed by atoms with Crippen LogP contribution in [0.2, 0.25) is 0 Å². The van der Waals surface area contributed by atoms with Gasteiger partial charge >= 0.3 is 24.3 Å². The fourth-order valence-electron chi connectivity index (χ4n) is 3.78. The molecule has 1 fully saturated rings. The molecule has 1 aliphatic heterocycles. The zero-order valence-electron chi connectivity index (χ0n) is 22.2. The summed E-state index contributed by atoms with van der Waals surface area (Å²) >= 11 is 0. The van der Waals surface area contributed by atoms with Crippen LogP contribution >= 0.6 is 0 Å². The van der Waals surface area contributed by atoms with Gasteiger partial charge in [-0.25, -0.2) is 19.4 Å². The minimum Gasteiger partial charge on any atom is -0.464 e. The maximum Gasteiger partial charge on any atom is 0.424 e. The van der Waals surface area contributed by atoms with E-state index in [9.17, 15) is 27.6 Å². The fourth-order valence-corrected chi connectivity index (χ4v) is 3.78. The molecule has 2 heterocycles. The highest BCUT2D eigenvalue weighted by Gasteiger charge is 2.43. The summed E-state index contributed by atoms with van der Waals surface area (Å²) in [7, 11) is 1.01. The molecule has 0 aromatic carbocycles. The Balaban J connectivity index is 2.86. The number of hydrogen-bond acceptors (Lipinski definition) is 8. The van der Waals surface area contributed by atoms with Crippen LogP contribution in [0.25, 0.3) is 0 Å². The number of nitrogens with zero attached hydrogens (tertiary/aromatic N) is 3. The van der Waals surface area contributed by atoms with Crippen molar-refractivity contribution in [1.29, 1.82) is 0 Å². The minimum atomic E-state index is -4.94. The zero-order chi connectivity index (χ0) is 28.3. The van der Waals surface area contributed by atoms with Crippen molar-refractivity contribution in [2.75, 3.05) is 23.5 Å². The number of pyridine rings is 1. The summed E-state index contributed by atoms with van der Waals surface area (Å²) in [5.74, 6) is -1.66. The number of ether oxygens (including phenoxy) is 3. The molecule has 0 radical (unpaired) electrons. The molecule has 0 N–H and O–H groups in total. The molecule has 0 spiro atoms. The van der Waals surface area contributed by atoms with Gasteiger partial charge in [0.15, 0.2) is 5.69 Å². The van der Waals surface area contributed by atoms with Crippen molar-refractivity contribution in [3.8, 4) is 0 Å². The number of rotatable bonds is 5. The van der Waals surface area contributed by atoms with Gasteiger partial charge in [0, 0.05) is 12.6 Å². The average molecular weight is 530 g/mol. The highest BCUT2D eigenvalue weighted by atomic mass is 19.4. The molecule has 206 valence electrons. The third kappa shape index (κ3) is 7.59. The highest BCUT2D eigenvalue weighted by Crippen LogP contribution is 2.42. The van der Waals surface area contributed by atoms with Crippen LogP contribution in [-0.2, 0) is 20.4 Å². The van der Waals surface area contributed by atoms with Crippen molar-refractivity contribution >= 4 is 29.7 Å². The molecule has 1 aromatic heterocycles. The number of carbonyl (C=O) groups excluding carboxylic acids is 3. The maximum atomic E-state index is 14.4. The van der Waals surface area contributed by atoms with Gasteiger partial charge in [-0.15, -0.1) is 6.58 Å². The predicted molar refractivity (Wildman–Crippen MR) is 131 cm³/mol. The molecule has 2 amide bonds. The largest absolute Gasteiger partial charge is 0.464 e. The molecule has 1 atom stereocenters. The first kappa shape index (κ1) is 29.9. The van der Waals surface area contributed by atoms with Crippen molar-refractivity contribution in [1.82, 2.24) is 4.98 Å². The monoisotopic (exact) mass is 529 g/mol. The standard InChI is InChI=1S/C25H34F3N3O6/c1-9-11-15-12-10-13-30(15)19-16(25(26,27)28)14-17(18(29-19)20(32)35-8)31(21(33)36-23(2,3)4)22(34)37-24(5,6)7/h9,14-15H,1,10-13H2,2-8H3. The van der Waals surface area contributed by atoms with Crippen LogP contribution in [0, 0.1) is 0 Å². The van der Waals surface area contributed by atoms with Crippen molar-refractivity contribution in [2.45, 2.75) is 84.2 Å². The van der Waals surface area contributed by atoms with E-state index >= 15 is 0 Å². The summed E-state index contributed by atoms with van der Waals surface area (Å²) in [5, 5.41) is 0. The summed E-state index contributed by atoms with van der Waals surface area (Å²) in [6.07, 6.45) is -4.44. The first-order valence-corrected chi connectivity index (χ1v) is 11.7. The van der Waals surface area contributed by atoms with Crippen molar-refractivity contribution in [3.05, 3.63) is 30.0 Å². The number of aromatic nitrogens is 1. The van der Waals surface area contributed by atoms with Crippen LogP contribution in [0.4, 0.5) is 34.3 Å². The lowest BCUT2D eigenvalue weighted by atomic mass is 10.1. The Morgan fingerprint density at radius 1 is 1.11 bits per heavy atom. The third-order valence-corrected chi connectivity index (χ3v) is 5.15. The van der Waals surface area contributed by atoms with E-state index in [-0.39, 0.29) is 17.5 Å². The van der Waals surface area contributed by atoms with E-state index in [0.717, 1.165) is 7.11 Å². The first-order valence-electron chi connectivity index (χ1n) is 11.7. The quantitative estimate of drug-likeness (QED) is 0.256. The number of hydrogen-bond donors (Lipinski definition) is 0. The second-order valence-corrected chi connectivity index (χ2v) is 10.5. The number of amides is 2. The van der Waals surface area contributed by atoms with E-state index < -0.39 is 58.3 Å². The van der Waals surface area contributed by atoms with Gasteiger partial charge in [-0.3, -0.25) is 0 Å². The molecule has 1 saturated heterocycles. The third-order valence-electron chi connectivity index (χ3n) is 5.15. The van der Waals surface area contributed by atoms with Gasteiger partial charge in [0.25, 0.3) is 0 Å². The normalized spacial score (nSPS) is 16.3. The Morgan fingerprint density at radius 2 is 1.65 bits per heavy atom. The average Bonchev–Trinajstić information content (AvgIpc) is 3.18. The van der Waals surface area contributed by atoms with Crippen molar-refractivity contribution < 1.29 is 41.8 Å². The van der Waals surface area contributed by atoms with Gasteiger partial charge in [0.1, 0.15) is 22.6 Å². The molecule has 1 unspecified atom stereocenters. The molecule has 9 nitrogen and oxygen atoms in total. The van der Waals surface area contributed by atoms with Crippen molar-refractivity contribution in [2.24, 2.45) is 0 Å². The summed E-state index contributed by atoms with van der Waals surface area (Å²) in [5.41, 5.74) is -4.94. The van der Waals surface area contributed by atoms with Gasteiger partial charge in [0.05, 0.1) is 12.8 Å². The molecule has 37 heavy (non-hydrogen) atoms. The lowest BCUT2D eigenvalue weighted by Gasteiger charge is -2.31. The van der Waals surface area contributed by atoms with Crippen LogP contribution in [-0.4, -0.2) is 54.0 Å². The van der Waals surface area contributed by atoms with E-state index in [0.29, 0.717) is 25.3 Å². The Kier molecular flexibility index (Phi) is 8.87. The summed E-state index contributed by atoms with van der Waals surface area (Å²) in [4.78, 5) is 44.7. The van der Waals surface area contributed by atoms with Crippen LogP contribution < -0.4 is 9.80 Å². The van der Waals surface area contributed by atoms with Gasteiger partial charge in [0.2, 0.25) is 0 Å². The number of esters is 1. The number of methoxy groups -OCH3 is 1. The summed E-state index contributed by atoms with van der Waals surface area (Å²) < 4.78 is 58.4. The van der Waals surface area contributed by atoms with Crippen LogP contribution in [0.5, 0.6) is 0 Å². The number of halogens is 3. The summed E-state index contributed by atoms with van der Waals surface area (Å²) in [6.45, 7) is 13.0. The lowest BCUT2D eigenvalue weighted by molar-refractivity contribution is -0.137. The Hall–Kier alpha value is -3.31. The van der Waals surface area contributed by atoms with Crippen LogP contribution in [0.3, 0.4) is 0 Å². The van der Waals surface area contributed by atoms with Gasteiger partial charge in [-0.1, -0.05) is 6.08 Å². The molecule has 2 rings (SSSR count). The van der Waals surface area contributed by atoms with E-state index in [4.69, 9.17) is 14.2 Å². The number of alkyl halides is 3. The molecule has 12 heteroatoms. The topological polar surface area (TPSA) is 98.3 Å². The van der Waals surface area contributed by atoms with Crippen LogP contribution in [0.1, 0.15) is 76.9 Å². The molecule has 1 aliphatic rings. The molecule has 0 aliphatic carbocycles. The van der Waals surface area contributed by atoms with Crippen LogP contribution in [0.15, 0.2) is 18.7 Å². The molecule has 1 aromatic rings. The molecule has 0 bridgehead atoms. The molecular formula is C25H34F3N3O6. The highest BCUT2D eigenvalue weighted by molar-refractivity contribution is 6.13. The van der Waals surface area contributed by atoms with Gasteiger partial charge in [-0.2, -0.15) is 18.1 Å². The second-order valence-electron chi connectivity index (χ2n) is 10.5. The Morgan fingerprint density at radius 3 is 2.08 bits per heavy atom. The number of anilines is 2. The van der Waals surface area contributed by atoms with Gasteiger partial charge < -0.3 is 19.1 Å². The SMILES string of the molecule is C=CCC1CCCN1c1nc(C(=O)OC)c(N(C(=O)OC(C)(C)C)C(=O)OC(C)(C)C)cc1C(F)(F)F. The molecular weight excluding hydrogens is 495 g/mol. The zero-order valence-corrected chi connectivity index (χ0v) is 22.2. The minimum absolute atomic E-state index is 0.236. The maximum absolute atomic E-state index is 14.4. The van der Waals surface area contributed by atoms with E-state index in [2.05, 4.69) is 11.6 Å². The Bertz CT molecular complexity index is 1020. The number of carbonyl (C=O) groups is 3. The van der Waals surface area contributed by atoms with E-state index in [1.54, 1.807) is 6.08 Å². The smallest absolute Gasteiger partial charge is 0.424 e. The van der Waals surface area contributed by atoms with Crippen molar-refractivity contribution in [3.63, 3.8) is 0 Å². The van der Waals surface area contributed by atoms with Gasteiger partial charge in [-0.05, 0) is 66.9 Å². The predicted octanol–water partition coefficient (Wildman–Crippen LogP) is 6.11. The first-order chi connectivity index (χ1) is 16.9. The summed E-state index contributed by atoms with van der Waals surface area (Å²) in [6, 6.07) is 0.210. The number of imide groups is 1. The second kappa shape index (κ2) is 11.0. The fraction of sp³-hybridized carbons (Fsp3) is 0.600. The van der Waals surface area contributed by atoms with E-state index in [1.165, 1.54) is 46.4 Å².